The first-order valence-electron chi connectivity index (χ1n) is 3.25. The molecule has 5 heteroatoms. The third-order valence-electron chi connectivity index (χ3n) is 1.44. The van der Waals surface area contributed by atoms with E-state index in [2.05, 4.69) is 0 Å². The second kappa shape index (κ2) is 3.03. The first-order chi connectivity index (χ1) is 6.06. The Morgan fingerprint density at radius 1 is 1.31 bits per heavy atom. The van der Waals surface area contributed by atoms with Gasteiger partial charge in [0, 0.05) is 0 Å². The molecule has 5 nitrogen and oxygen atoms in total. The van der Waals surface area contributed by atoms with E-state index in [1.807, 2.05) is 0 Å². The molecule has 0 bridgehead atoms. The number of benzene rings is 1. The maximum Gasteiger partial charge on any atom is 0.343 e. The number of nitrogens with zero attached hydrogens (tertiary/aromatic N) is 1. The molecule has 3 N–H and O–H groups in total. The normalized spacial score (nSPS) is 9.15. The molecule has 0 radical (unpaired) electrons. The number of carbonyl (C=O) groups is 1. The van der Waals surface area contributed by atoms with Crippen LogP contribution in [0.15, 0.2) is 12.1 Å². The lowest BCUT2D eigenvalue weighted by Gasteiger charge is -2.01. The van der Waals surface area contributed by atoms with Crippen LogP contribution < -0.4 is 0 Å². The summed E-state index contributed by atoms with van der Waals surface area (Å²) >= 11 is 0. The average Bonchev–Trinajstić information content (AvgIpc) is 2.02. The number of hydrogen-bond acceptors (Lipinski definition) is 4. The van der Waals surface area contributed by atoms with Crippen LogP contribution in [0.2, 0.25) is 0 Å². The molecule has 0 aliphatic heterocycles. The van der Waals surface area contributed by atoms with Crippen molar-refractivity contribution < 1.29 is 20.1 Å². The van der Waals surface area contributed by atoms with Crippen LogP contribution >= 0.6 is 0 Å². The molecule has 0 fully saturated rings. The van der Waals surface area contributed by atoms with Crippen molar-refractivity contribution in [1.29, 1.82) is 5.26 Å². The van der Waals surface area contributed by atoms with Crippen molar-refractivity contribution in [2.45, 2.75) is 0 Å². The Morgan fingerprint density at radius 2 is 1.77 bits per heavy atom. The van der Waals surface area contributed by atoms with Gasteiger partial charge in [0.15, 0.2) is 0 Å². The average molecular weight is 179 g/mol. The topological polar surface area (TPSA) is 102 Å². The number of rotatable bonds is 1. The van der Waals surface area contributed by atoms with Crippen molar-refractivity contribution in [3.05, 3.63) is 23.3 Å². The van der Waals surface area contributed by atoms with Crippen molar-refractivity contribution in [3.8, 4) is 17.6 Å². The largest absolute Gasteiger partial charge is 0.507 e. The third-order valence-corrected chi connectivity index (χ3v) is 1.44. The molecule has 0 saturated heterocycles. The highest BCUT2D eigenvalue weighted by Gasteiger charge is 2.16. The van der Waals surface area contributed by atoms with Gasteiger partial charge in [0.05, 0.1) is 11.6 Å². The van der Waals surface area contributed by atoms with Crippen LogP contribution in [-0.4, -0.2) is 21.3 Å². The van der Waals surface area contributed by atoms with E-state index in [4.69, 9.17) is 20.6 Å². The van der Waals surface area contributed by atoms with E-state index in [0.29, 0.717) is 0 Å². The fourth-order valence-corrected chi connectivity index (χ4v) is 0.895. The van der Waals surface area contributed by atoms with Gasteiger partial charge >= 0.3 is 5.97 Å². The van der Waals surface area contributed by atoms with Crippen LogP contribution in [0.25, 0.3) is 0 Å². The fourth-order valence-electron chi connectivity index (χ4n) is 0.895. The van der Waals surface area contributed by atoms with Crippen molar-refractivity contribution in [3.63, 3.8) is 0 Å². The lowest BCUT2D eigenvalue weighted by atomic mass is 10.1. The molecule has 1 aromatic rings. The van der Waals surface area contributed by atoms with Gasteiger partial charge in [-0.1, -0.05) is 0 Å². The van der Waals surface area contributed by atoms with Gasteiger partial charge in [-0.15, -0.1) is 0 Å². The number of aromatic hydroxyl groups is 2. The minimum atomic E-state index is -1.44. The molecule has 0 amide bonds. The molecule has 0 atom stereocenters. The molecule has 0 unspecified atom stereocenters. The van der Waals surface area contributed by atoms with Crippen LogP contribution in [0.4, 0.5) is 0 Å². The highest BCUT2D eigenvalue weighted by Crippen LogP contribution is 2.28. The summed E-state index contributed by atoms with van der Waals surface area (Å²) in [6.45, 7) is 0. The fraction of sp³-hybridized carbons (Fsp3) is 0. The minimum Gasteiger partial charge on any atom is -0.507 e. The monoisotopic (exact) mass is 179 g/mol. The standard InChI is InChI=1S/C8H5NO4/c9-3-4-1-5(10)7(8(12)13)6(11)2-4/h1-2,10-11H,(H,12,13). The van der Waals surface area contributed by atoms with E-state index < -0.39 is 23.0 Å². The molecule has 0 spiro atoms. The van der Waals surface area contributed by atoms with Crippen LogP contribution in [-0.2, 0) is 0 Å². The lowest BCUT2D eigenvalue weighted by molar-refractivity contribution is 0.0690. The van der Waals surface area contributed by atoms with E-state index in [0.717, 1.165) is 12.1 Å². The van der Waals surface area contributed by atoms with E-state index in [1.54, 1.807) is 6.07 Å². The van der Waals surface area contributed by atoms with Crippen LogP contribution in [0.3, 0.4) is 0 Å². The van der Waals surface area contributed by atoms with Crippen molar-refractivity contribution >= 4 is 5.97 Å². The van der Waals surface area contributed by atoms with Crippen molar-refractivity contribution in [1.82, 2.24) is 0 Å². The molecule has 13 heavy (non-hydrogen) atoms. The van der Waals surface area contributed by atoms with Gasteiger partial charge < -0.3 is 15.3 Å². The van der Waals surface area contributed by atoms with Crippen LogP contribution in [0, 0.1) is 11.3 Å². The molecule has 1 aromatic carbocycles. The Hall–Kier alpha value is -2.22. The van der Waals surface area contributed by atoms with E-state index in [-0.39, 0.29) is 5.56 Å². The summed E-state index contributed by atoms with van der Waals surface area (Å²) in [5, 5.41) is 35.1. The Balaban J connectivity index is 3.42. The Kier molecular flexibility index (Phi) is 2.07. The van der Waals surface area contributed by atoms with Gasteiger partial charge in [-0.2, -0.15) is 5.26 Å². The summed E-state index contributed by atoms with van der Waals surface area (Å²) in [6, 6.07) is 3.61. The van der Waals surface area contributed by atoms with E-state index >= 15 is 0 Å². The molecular formula is C8H5NO4. The van der Waals surface area contributed by atoms with Gasteiger partial charge in [0.1, 0.15) is 17.1 Å². The summed E-state index contributed by atoms with van der Waals surface area (Å²) in [7, 11) is 0. The van der Waals surface area contributed by atoms with Crippen molar-refractivity contribution in [2.24, 2.45) is 0 Å². The van der Waals surface area contributed by atoms with Crippen LogP contribution in [0.5, 0.6) is 11.5 Å². The number of hydrogen-bond donors (Lipinski definition) is 3. The predicted octanol–water partition coefficient (Wildman–Crippen LogP) is 0.668. The number of aromatic carboxylic acids is 1. The highest BCUT2D eigenvalue weighted by atomic mass is 16.4. The zero-order chi connectivity index (χ0) is 10.0. The first kappa shape index (κ1) is 8.87. The Bertz CT molecular complexity index is 382. The van der Waals surface area contributed by atoms with Gasteiger partial charge in [0.2, 0.25) is 0 Å². The molecular weight excluding hydrogens is 174 g/mol. The third kappa shape index (κ3) is 1.51. The number of carboxylic acids is 1. The summed E-state index contributed by atoms with van der Waals surface area (Å²) in [6.07, 6.45) is 0. The van der Waals surface area contributed by atoms with E-state index in [9.17, 15) is 4.79 Å². The highest BCUT2D eigenvalue weighted by molar-refractivity contribution is 5.94. The molecule has 0 aliphatic carbocycles. The quantitative estimate of drug-likeness (QED) is 0.588. The maximum atomic E-state index is 10.4. The van der Waals surface area contributed by atoms with Gasteiger partial charge in [-0.05, 0) is 12.1 Å². The molecule has 1 rings (SSSR count). The molecule has 0 aromatic heterocycles. The summed E-state index contributed by atoms with van der Waals surface area (Å²) in [4.78, 5) is 10.4. The van der Waals surface area contributed by atoms with Gasteiger partial charge in [0.25, 0.3) is 0 Å². The molecule has 0 heterocycles. The predicted molar refractivity (Wildman–Crippen MR) is 41.4 cm³/mol. The van der Waals surface area contributed by atoms with Gasteiger partial charge in [-0.3, -0.25) is 0 Å². The second-order valence-corrected chi connectivity index (χ2v) is 2.31. The van der Waals surface area contributed by atoms with Crippen molar-refractivity contribution in [2.75, 3.05) is 0 Å². The summed E-state index contributed by atoms with van der Waals surface area (Å²) in [5.74, 6) is -2.69. The Morgan fingerprint density at radius 3 is 2.08 bits per heavy atom. The summed E-state index contributed by atoms with van der Waals surface area (Å²) < 4.78 is 0. The zero-order valence-corrected chi connectivity index (χ0v) is 6.35. The van der Waals surface area contributed by atoms with E-state index in [1.165, 1.54) is 0 Å². The molecule has 0 aliphatic rings. The number of nitriles is 1. The smallest absolute Gasteiger partial charge is 0.343 e. The Labute approximate surface area is 73.1 Å². The SMILES string of the molecule is N#Cc1cc(O)c(C(=O)O)c(O)c1. The minimum absolute atomic E-state index is 0.000000000000000222. The second-order valence-electron chi connectivity index (χ2n) is 2.31. The number of phenols is 2. The van der Waals surface area contributed by atoms with Crippen LogP contribution in [0.1, 0.15) is 15.9 Å². The van der Waals surface area contributed by atoms with Gasteiger partial charge in [-0.25, -0.2) is 4.79 Å². The first-order valence-corrected chi connectivity index (χ1v) is 3.25. The zero-order valence-electron chi connectivity index (χ0n) is 6.35. The summed E-state index contributed by atoms with van der Waals surface area (Å²) in [5.41, 5.74) is -0.598. The molecule has 0 saturated carbocycles. The maximum absolute atomic E-state index is 10.4. The lowest BCUT2D eigenvalue weighted by Crippen LogP contribution is -1.97. The molecule has 66 valence electrons. The number of carboxylic acid groups (broad SMARTS) is 1.